The second-order valence-electron chi connectivity index (χ2n) is 27.7. The molecule has 19 heteroatoms. The molecule has 0 aliphatic heterocycles. The Labute approximate surface area is 513 Å². The van der Waals surface area contributed by atoms with Gasteiger partial charge < -0.3 is 51.0 Å². The molecule has 8 atom stereocenters. The van der Waals surface area contributed by atoms with Crippen LogP contribution in [0, 0.1) is 48.9 Å². The fourth-order valence-electron chi connectivity index (χ4n) is 14.0. The molecule has 0 amide bonds. The molecule has 19 nitrogen and oxygen atoms in total. The van der Waals surface area contributed by atoms with Crippen molar-refractivity contribution >= 4 is 55.9 Å². The predicted molar refractivity (Wildman–Crippen MR) is 347 cm³/mol. The van der Waals surface area contributed by atoms with Crippen molar-refractivity contribution < 1.29 is 20.4 Å². The van der Waals surface area contributed by atoms with Crippen LogP contribution in [0.5, 0.6) is 0 Å². The Hall–Kier alpha value is -6.97. The van der Waals surface area contributed by atoms with Crippen LogP contribution in [0.25, 0.3) is 44.3 Å². The van der Waals surface area contributed by atoms with Crippen LogP contribution in [0.15, 0.2) is 67.6 Å². The molecule has 87 heavy (non-hydrogen) atoms. The number of anilines is 2. The highest BCUT2D eigenvalue weighted by Gasteiger charge is 2.47. The van der Waals surface area contributed by atoms with Crippen molar-refractivity contribution in [2.45, 2.75) is 212 Å². The van der Waals surface area contributed by atoms with Gasteiger partial charge in [0.2, 0.25) is 0 Å². The van der Waals surface area contributed by atoms with Crippen LogP contribution in [-0.4, -0.2) is 146 Å². The Kier molecular flexibility index (Phi) is 19.9. The molecule has 8 aromatic rings. The molecule has 4 aliphatic rings. The van der Waals surface area contributed by atoms with Crippen LogP contribution < -0.4 is 11.5 Å². The molecular weight excluding hydrogens is 1090 g/mol. The summed E-state index contributed by atoms with van der Waals surface area (Å²) in [4.78, 5) is 43.1. The number of terminal acetylenes is 2. The van der Waals surface area contributed by atoms with E-state index in [1.54, 1.807) is 13.3 Å². The molecule has 0 radical (unpaired) electrons. The molecule has 4 aliphatic carbocycles. The lowest BCUT2D eigenvalue weighted by Crippen LogP contribution is -2.51. The van der Waals surface area contributed by atoms with Crippen LogP contribution in [0.2, 0.25) is 0 Å². The number of nitrogen functional groups attached to an aromatic ring is 2. The van der Waals surface area contributed by atoms with E-state index in [0.717, 1.165) is 90.7 Å². The van der Waals surface area contributed by atoms with Gasteiger partial charge in [-0.1, -0.05) is 53.7 Å². The third-order valence-corrected chi connectivity index (χ3v) is 19.1. The average Bonchev–Trinajstić information content (AvgIpc) is 2.28. The van der Waals surface area contributed by atoms with Crippen LogP contribution in [-0.2, 0) is 23.7 Å². The molecule has 6 aromatic heterocycles. The second kappa shape index (κ2) is 26.8. The number of nitrogens with zero attached hydrogens (tertiary/aromatic N) is 11. The number of fused-ring (bicyclic) bond motifs is 4. The molecule has 10 N–H and O–H groups in total. The number of imidazole rings is 3. The van der Waals surface area contributed by atoms with Gasteiger partial charge in [-0.05, 0) is 150 Å². The molecule has 0 unspecified atom stereocenters. The van der Waals surface area contributed by atoms with Gasteiger partial charge >= 0.3 is 0 Å². The maximum atomic E-state index is 11.1. The molecule has 12 rings (SSSR count). The molecule has 2 aromatic carbocycles. The van der Waals surface area contributed by atoms with E-state index < -0.39 is 24.4 Å². The number of H-pyrrole nitrogens is 2. The third-order valence-electron chi connectivity index (χ3n) is 19.1. The Morgan fingerprint density at radius 3 is 1.49 bits per heavy atom. The summed E-state index contributed by atoms with van der Waals surface area (Å²) in [5, 5.41) is 45.0. The standard InChI is InChI=1S/C32H45N7O2.C31H44N8O2.C3H4.C2H2/c1-18(2)39(16-20-14-26(29(41)28(20)40)38-11-10-23-30(33)34-17-35-31(23)38)22-12-19(13-22)6-9-27-36-24-8-7-21(32(3,4)5)15-25(24)37-27;1-17(2)38(14-19-12-24(28(41)27(19)40)39-16-35-26-29(32)33-15-34-30(26)39)21-10-18(11-21)6-9-25-36-22-8-7-20(31(3,4)5)13-23(22)37-25;1-3-2;1-2/h7-8,10-11,15,17-20,22,26,28-29,40-41H,6,9,12-14,16H2,1-5H3,(H,36,37)(H2,33,34,35);7-8,13,15-19,21,24,27-28,40-41H,6,9-12,14H2,1-5H3,(H,36,37)(H2,32,33,34);1H,2H3;1-2H/t19?,20-,22?,26-,28-,29+;18?,19-,21?,24-,27-,28+;;/m11../s1. The first-order valence-corrected chi connectivity index (χ1v) is 31.3. The van der Waals surface area contributed by atoms with Crippen molar-refractivity contribution in [3.8, 4) is 25.2 Å². The zero-order chi connectivity index (χ0) is 62.8. The summed E-state index contributed by atoms with van der Waals surface area (Å²) in [7, 11) is 0. The van der Waals surface area contributed by atoms with E-state index in [9.17, 15) is 20.4 Å². The van der Waals surface area contributed by atoms with E-state index in [1.165, 1.54) is 36.6 Å². The fraction of sp³-hybridized carbons (Fsp3) is 0.574. The number of aliphatic hydroxyl groups excluding tert-OH is 4. The first-order chi connectivity index (χ1) is 41.4. The van der Waals surface area contributed by atoms with Crippen LogP contribution in [0.3, 0.4) is 0 Å². The maximum Gasteiger partial charge on any atom is 0.165 e. The van der Waals surface area contributed by atoms with Crippen molar-refractivity contribution in [1.82, 2.24) is 63.8 Å². The number of hydrogen-bond donors (Lipinski definition) is 8. The van der Waals surface area contributed by atoms with Crippen molar-refractivity contribution in [1.29, 1.82) is 0 Å². The number of rotatable bonds is 16. The summed E-state index contributed by atoms with van der Waals surface area (Å²) >= 11 is 0. The molecule has 466 valence electrons. The van der Waals surface area contributed by atoms with E-state index in [-0.39, 0.29) is 34.7 Å². The minimum absolute atomic E-state index is 0.0124. The minimum atomic E-state index is -0.889. The van der Waals surface area contributed by atoms with Gasteiger partial charge in [-0.3, -0.25) is 9.80 Å². The van der Waals surface area contributed by atoms with Crippen molar-refractivity contribution in [3.05, 3.63) is 90.4 Å². The summed E-state index contributed by atoms with van der Waals surface area (Å²) in [6.45, 7) is 25.5. The number of aromatic nitrogens is 11. The van der Waals surface area contributed by atoms with Crippen LogP contribution in [0.1, 0.15) is 162 Å². The molecule has 4 fully saturated rings. The normalized spacial score (nSPS) is 25.5. The highest BCUT2D eigenvalue weighted by Crippen LogP contribution is 2.44. The highest BCUT2D eigenvalue weighted by molar-refractivity contribution is 5.86. The van der Waals surface area contributed by atoms with E-state index in [1.807, 2.05) is 21.4 Å². The molecule has 4 saturated carbocycles. The number of aromatic amines is 2. The zero-order valence-electron chi connectivity index (χ0n) is 53.0. The third kappa shape index (κ3) is 14.0. The Morgan fingerprint density at radius 2 is 1.05 bits per heavy atom. The zero-order valence-corrected chi connectivity index (χ0v) is 53.0. The SMILES string of the molecule is C#C.C#CC.CC(C)N(C[C@H]1C[C@@H](n2ccc3c(N)ncnc32)[C@H](O)[C@@H]1O)C1CC(CCc2nc3ccc(C(C)(C)C)cc3[nH]2)C1.CC(C)N(C[C@H]1C[C@@H](n2cnc3c(N)ncnc32)[C@H](O)[C@@H]1O)C1CC(CCc2nc3ccc(C(C)(C)C)cc3[nH]2)C1. The summed E-state index contributed by atoms with van der Waals surface area (Å²) in [5.74, 6) is 6.45. The summed E-state index contributed by atoms with van der Waals surface area (Å²) in [6, 6.07) is 16.2. The lowest BCUT2D eigenvalue weighted by atomic mass is 9.76. The van der Waals surface area contributed by atoms with Crippen molar-refractivity contribution in [2.75, 3.05) is 24.6 Å². The number of aryl methyl sites for hydroxylation is 2. The Bertz CT molecular complexity index is 3410. The number of nitrogens with two attached hydrogens (primary N) is 2. The van der Waals surface area contributed by atoms with E-state index in [0.29, 0.717) is 77.3 Å². The van der Waals surface area contributed by atoms with E-state index in [4.69, 9.17) is 21.4 Å². The fourth-order valence-corrected chi connectivity index (χ4v) is 14.0. The lowest BCUT2D eigenvalue weighted by Gasteiger charge is -2.46. The molecule has 6 heterocycles. The lowest BCUT2D eigenvalue weighted by molar-refractivity contribution is -0.0180. The van der Waals surface area contributed by atoms with Crippen molar-refractivity contribution in [3.63, 3.8) is 0 Å². The van der Waals surface area contributed by atoms with Gasteiger partial charge in [-0.2, -0.15) is 0 Å². The van der Waals surface area contributed by atoms with Gasteiger partial charge in [0.05, 0.1) is 58.1 Å². The topological polar surface area (TPSA) is 271 Å². The van der Waals surface area contributed by atoms with Gasteiger partial charge in [0.1, 0.15) is 53.5 Å². The molecular formula is C68H95N15O4. The monoisotopic (exact) mass is 1190 g/mol. The van der Waals surface area contributed by atoms with E-state index in [2.05, 4.69) is 176 Å². The first kappa shape index (κ1) is 64.5. The van der Waals surface area contributed by atoms with Crippen LogP contribution in [0.4, 0.5) is 11.6 Å². The van der Waals surface area contributed by atoms with Gasteiger partial charge in [-0.15, -0.1) is 25.2 Å². The maximum absolute atomic E-state index is 11.1. The summed E-state index contributed by atoms with van der Waals surface area (Å²) < 4.78 is 3.81. The number of benzene rings is 2. The summed E-state index contributed by atoms with van der Waals surface area (Å²) in [5.41, 5.74) is 21.0. The minimum Gasteiger partial charge on any atom is -0.390 e. The largest absolute Gasteiger partial charge is 0.390 e. The Morgan fingerprint density at radius 1 is 0.609 bits per heavy atom. The van der Waals surface area contributed by atoms with Gasteiger partial charge in [0, 0.05) is 68.1 Å². The Balaban J connectivity index is 0.000000193. The summed E-state index contributed by atoms with van der Waals surface area (Å²) in [6.07, 6.45) is 25.9. The highest BCUT2D eigenvalue weighted by atomic mass is 16.3. The number of nitrogens with one attached hydrogen (secondary N) is 2. The quantitative estimate of drug-likeness (QED) is 0.0419. The molecule has 0 saturated heterocycles. The average molecular weight is 1190 g/mol. The van der Waals surface area contributed by atoms with Gasteiger partial charge in [0.25, 0.3) is 0 Å². The smallest absolute Gasteiger partial charge is 0.165 e. The van der Waals surface area contributed by atoms with Crippen LogP contribution >= 0.6 is 0 Å². The van der Waals surface area contributed by atoms with Crippen molar-refractivity contribution in [2.24, 2.45) is 23.7 Å². The number of aliphatic hydroxyl groups is 4. The second-order valence-corrected chi connectivity index (χ2v) is 27.7. The van der Waals surface area contributed by atoms with Gasteiger partial charge in [0.15, 0.2) is 11.5 Å². The predicted octanol–water partition coefficient (Wildman–Crippen LogP) is 9.47. The molecule has 0 spiro atoms. The molecule has 0 bridgehead atoms. The first-order valence-electron chi connectivity index (χ1n) is 31.3. The number of hydrogen-bond acceptors (Lipinski definition) is 15. The van der Waals surface area contributed by atoms with E-state index >= 15 is 0 Å². The van der Waals surface area contributed by atoms with Gasteiger partial charge in [-0.25, -0.2) is 34.9 Å².